The Labute approximate surface area is 214 Å². The van der Waals surface area contributed by atoms with E-state index in [1.807, 2.05) is 0 Å². The number of aromatic nitrogens is 3. The minimum absolute atomic E-state index is 0.526. The van der Waals surface area contributed by atoms with Gasteiger partial charge in [0.15, 0.2) is 0 Å². The van der Waals surface area contributed by atoms with Crippen LogP contribution in [0.25, 0.3) is 32.7 Å². The van der Waals surface area contributed by atoms with Gasteiger partial charge in [-0.05, 0) is 54.6 Å². The molecule has 11 heteroatoms. The maximum atomic E-state index is 14.2. The molecule has 0 amide bonds. The van der Waals surface area contributed by atoms with Crippen LogP contribution >= 0.6 is 42.6 Å². The Bertz CT molecular complexity index is 1570. The fourth-order valence-corrected chi connectivity index (χ4v) is 5.76. The molecule has 0 aliphatic rings. The van der Waals surface area contributed by atoms with Gasteiger partial charge in [0, 0.05) is 34.7 Å². The molecule has 176 valence electrons. The summed E-state index contributed by atoms with van der Waals surface area (Å²) in [6.45, 7) is 0. The van der Waals surface area contributed by atoms with E-state index in [0.717, 1.165) is 16.2 Å². The van der Waals surface area contributed by atoms with Crippen LogP contribution in [-0.4, -0.2) is 14.2 Å². The summed E-state index contributed by atoms with van der Waals surface area (Å²) in [5.74, 6) is 0. The summed E-state index contributed by atoms with van der Waals surface area (Å²) in [5.41, 5.74) is 1.77. The number of rotatable bonds is 6. The Hall–Kier alpha value is -3.22. The molecule has 3 heterocycles. The molecule has 0 spiro atoms. The summed E-state index contributed by atoms with van der Waals surface area (Å²) in [7, 11) is -4.38. The third-order valence-electron chi connectivity index (χ3n) is 5.50. The molecule has 0 atom stereocenters. The topological polar surface area (TPSA) is 59.6 Å². The zero-order valence-corrected chi connectivity index (χ0v) is 20.9. The number of benzene rings is 3. The van der Waals surface area contributed by atoms with Crippen molar-refractivity contribution in [3.63, 3.8) is 0 Å². The molecule has 0 unspecified atom stereocenters. The Morgan fingerprint density at radius 1 is 0.514 bits per heavy atom. The second-order valence-corrected chi connectivity index (χ2v) is 10.2. The first-order valence-electron chi connectivity index (χ1n) is 10.4. The van der Waals surface area contributed by atoms with Gasteiger partial charge in [-0.15, -0.1) is 0 Å². The van der Waals surface area contributed by atoms with Crippen LogP contribution in [0.4, 0.5) is 0 Å². The van der Waals surface area contributed by atoms with Crippen LogP contribution < -0.4 is 13.9 Å². The van der Waals surface area contributed by atoms with Crippen LogP contribution in [0.15, 0.2) is 91.4 Å². The van der Waals surface area contributed by atoms with Gasteiger partial charge >= 0.3 is 7.82 Å². The molecular weight excluding hydrogens is 532 g/mol. The molecular formula is C24H15Cl3N3O4P. The maximum Gasteiger partial charge on any atom is 0.705 e. The highest BCUT2D eigenvalue weighted by atomic mass is 35.5. The van der Waals surface area contributed by atoms with Crippen molar-refractivity contribution in [1.82, 2.24) is 14.2 Å². The zero-order chi connectivity index (χ0) is 24.2. The molecule has 3 aromatic carbocycles. The number of fused-ring (bicyclic) bond motifs is 3. The zero-order valence-electron chi connectivity index (χ0n) is 17.7. The second-order valence-electron chi connectivity index (χ2n) is 7.63. The molecule has 3 aromatic heterocycles. The number of halogens is 3. The molecule has 0 fully saturated rings. The van der Waals surface area contributed by atoms with Crippen molar-refractivity contribution >= 4 is 75.3 Å². The predicted octanol–water partition coefficient (Wildman–Crippen LogP) is 7.31. The number of nitrogens with zero attached hydrogens (tertiary/aromatic N) is 3. The van der Waals surface area contributed by atoms with Crippen LogP contribution in [-0.2, 0) is 4.57 Å². The van der Waals surface area contributed by atoms with Crippen molar-refractivity contribution in [2.75, 3.05) is 0 Å². The summed E-state index contributed by atoms with van der Waals surface area (Å²) in [5, 5.41) is 3.74. The van der Waals surface area contributed by atoms with Gasteiger partial charge < -0.3 is 0 Å². The molecule has 35 heavy (non-hydrogen) atoms. The third kappa shape index (κ3) is 3.91. The Morgan fingerprint density at radius 3 is 1.14 bits per heavy atom. The van der Waals surface area contributed by atoms with Gasteiger partial charge in [-0.1, -0.05) is 53.0 Å². The first kappa shape index (κ1) is 22.3. The predicted molar refractivity (Wildman–Crippen MR) is 138 cm³/mol. The number of hydrogen-bond donors (Lipinski definition) is 0. The van der Waals surface area contributed by atoms with E-state index in [9.17, 15) is 4.57 Å². The molecule has 0 aliphatic carbocycles. The molecule has 0 saturated carbocycles. The van der Waals surface area contributed by atoms with Crippen molar-refractivity contribution in [3.05, 3.63) is 106 Å². The van der Waals surface area contributed by atoms with Crippen LogP contribution in [0, 0.1) is 0 Å². The lowest BCUT2D eigenvalue weighted by Crippen LogP contribution is -2.24. The highest BCUT2D eigenvalue weighted by Crippen LogP contribution is 2.42. The van der Waals surface area contributed by atoms with Crippen molar-refractivity contribution in [1.29, 1.82) is 0 Å². The summed E-state index contributed by atoms with van der Waals surface area (Å²) in [6.07, 6.45) is 4.77. The Morgan fingerprint density at radius 2 is 0.829 bits per heavy atom. The molecule has 0 radical (unpaired) electrons. The van der Waals surface area contributed by atoms with E-state index >= 15 is 0 Å². The SMILES string of the molecule is O=P(On1ccc2c(Cl)cccc21)(On1ccc2c(Cl)cccc21)On1ccc2c(Cl)cccc21. The maximum absolute atomic E-state index is 14.2. The van der Waals surface area contributed by atoms with Crippen LogP contribution in [0.1, 0.15) is 0 Å². The van der Waals surface area contributed by atoms with Gasteiger partial charge in [-0.2, -0.15) is 18.8 Å². The van der Waals surface area contributed by atoms with Crippen molar-refractivity contribution in [3.8, 4) is 0 Å². The largest absolute Gasteiger partial charge is 0.705 e. The van der Waals surface area contributed by atoms with Gasteiger partial charge in [0.05, 0.1) is 31.6 Å². The van der Waals surface area contributed by atoms with Crippen molar-refractivity contribution < 1.29 is 18.4 Å². The van der Waals surface area contributed by atoms with E-state index < -0.39 is 7.82 Å². The quantitative estimate of drug-likeness (QED) is 0.206. The lowest BCUT2D eigenvalue weighted by atomic mass is 10.2. The molecule has 7 nitrogen and oxygen atoms in total. The molecule has 6 rings (SSSR count). The smallest absolute Gasteiger partial charge is 0.290 e. The highest BCUT2D eigenvalue weighted by molar-refractivity contribution is 7.49. The van der Waals surface area contributed by atoms with Gasteiger partial charge in [0.2, 0.25) is 0 Å². The van der Waals surface area contributed by atoms with Gasteiger partial charge in [0.25, 0.3) is 0 Å². The normalized spacial score (nSPS) is 12.0. The van der Waals surface area contributed by atoms with Gasteiger partial charge in [-0.3, -0.25) is 13.9 Å². The minimum atomic E-state index is -4.38. The average molecular weight is 547 g/mol. The number of hydrogen-bond acceptors (Lipinski definition) is 4. The van der Waals surface area contributed by atoms with E-state index in [4.69, 9.17) is 48.7 Å². The van der Waals surface area contributed by atoms with E-state index in [1.165, 1.54) is 14.2 Å². The van der Waals surface area contributed by atoms with Crippen molar-refractivity contribution in [2.45, 2.75) is 0 Å². The summed E-state index contributed by atoms with van der Waals surface area (Å²) < 4.78 is 35.7. The Balaban J connectivity index is 1.45. The minimum Gasteiger partial charge on any atom is -0.290 e. The van der Waals surface area contributed by atoms with Gasteiger partial charge in [-0.25, -0.2) is 0 Å². The van der Waals surface area contributed by atoms with E-state index in [1.54, 1.807) is 91.4 Å². The van der Waals surface area contributed by atoms with E-state index in [-0.39, 0.29) is 0 Å². The Kier molecular flexibility index (Phi) is 5.38. The van der Waals surface area contributed by atoms with Crippen LogP contribution in [0.5, 0.6) is 0 Å². The fourth-order valence-electron chi connectivity index (χ4n) is 3.90. The average Bonchev–Trinajstić information content (AvgIpc) is 3.54. The summed E-state index contributed by atoms with van der Waals surface area (Å²) in [4.78, 5) is 0. The summed E-state index contributed by atoms with van der Waals surface area (Å²) >= 11 is 18.9. The number of phosphoric acid groups is 1. The first-order valence-corrected chi connectivity index (χ1v) is 13.0. The van der Waals surface area contributed by atoms with Crippen molar-refractivity contribution in [2.24, 2.45) is 0 Å². The van der Waals surface area contributed by atoms with E-state index in [0.29, 0.717) is 31.6 Å². The molecule has 0 aliphatic heterocycles. The van der Waals surface area contributed by atoms with Crippen LogP contribution in [0.3, 0.4) is 0 Å². The lowest BCUT2D eigenvalue weighted by Gasteiger charge is -2.20. The van der Waals surface area contributed by atoms with Gasteiger partial charge in [0.1, 0.15) is 0 Å². The standard InChI is InChI=1S/C24H15Cl3N3O4P/c25-19-4-1-7-22-16(19)10-13-28(22)32-35(31,33-29-14-11-17-20(26)5-2-8-23(17)29)34-30-15-12-18-21(27)6-3-9-24(18)30/h1-15H. The van der Waals surface area contributed by atoms with E-state index in [2.05, 4.69) is 0 Å². The highest BCUT2D eigenvalue weighted by Gasteiger charge is 2.37. The molecule has 0 N–H and O–H groups in total. The second kappa shape index (κ2) is 8.47. The summed E-state index contributed by atoms with van der Waals surface area (Å²) in [6, 6.07) is 21.1. The first-order chi connectivity index (χ1) is 16.9. The fraction of sp³-hybridized carbons (Fsp3) is 0. The molecule has 6 aromatic rings. The third-order valence-corrected chi connectivity index (χ3v) is 7.61. The molecule has 0 bridgehead atoms. The van der Waals surface area contributed by atoms with Crippen LogP contribution in [0.2, 0.25) is 15.1 Å². The molecule has 0 saturated heterocycles. The lowest BCUT2D eigenvalue weighted by molar-refractivity contribution is 0.0989. The monoisotopic (exact) mass is 545 g/mol.